The number of rotatable bonds is 4. The van der Waals surface area contributed by atoms with Gasteiger partial charge in [0.2, 0.25) is 0 Å². The van der Waals surface area contributed by atoms with Crippen molar-refractivity contribution < 1.29 is 15.3 Å². The molecule has 0 aliphatic heterocycles. The van der Waals surface area contributed by atoms with Crippen molar-refractivity contribution in [3.05, 3.63) is 23.8 Å². The highest BCUT2D eigenvalue weighted by atomic mass is 16.3. The first-order valence-corrected chi connectivity index (χ1v) is 4.46. The van der Waals surface area contributed by atoms with Gasteiger partial charge in [-0.1, -0.05) is 0 Å². The summed E-state index contributed by atoms with van der Waals surface area (Å²) in [4.78, 5) is 0. The molecule has 0 saturated heterocycles. The van der Waals surface area contributed by atoms with Gasteiger partial charge in [0.15, 0.2) is 0 Å². The van der Waals surface area contributed by atoms with E-state index in [0.717, 1.165) is 11.3 Å². The normalized spacial score (nSPS) is 12.5. The molecule has 0 bridgehead atoms. The maximum absolute atomic E-state index is 9.14. The number of phenols is 1. The van der Waals surface area contributed by atoms with E-state index in [9.17, 15) is 0 Å². The highest BCUT2D eigenvalue weighted by Gasteiger charge is 2.03. The fraction of sp³-hybridized carbons (Fsp3) is 0.400. The van der Waals surface area contributed by atoms with Gasteiger partial charge >= 0.3 is 0 Å². The summed E-state index contributed by atoms with van der Waals surface area (Å²) in [6, 6.07) is 4.93. The van der Waals surface area contributed by atoms with Crippen molar-refractivity contribution >= 4 is 5.69 Å². The van der Waals surface area contributed by atoms with E-state index in [-0.39, 0.29) is 12.4 Å². The molecule has 1 aromatic carbocycles. The Morgan fingerprint density at radius 3 is 2.71 bits per heavy atom. The monoisotopic (exact) mass is 197 g/mol. The summed E-state index contributed by atoms with van der Waals surface area (Å²) < 4.78 is 0. The molecule has 0 fully saturated rings. The largest absolute Gasteiger partial charge is 0.508 e. The van der Waals surface area contributed by atoms with E-state index in [2.05, 4.69) is 5.32 Å². The molecule has 0 heterocycles. The molecule has 78 valence electrons. The number of hydrogen-bond donors (Lipinski definition) is 4. The van der Waals surface area contributed by atoms with E-state index < -0.39 is 6.10 Å². The maximum Gasteiger partial charge on any atom is 0.115 e. The van der Waals surface area contributed by atoms with Crippen LogP contribution < -0.4 is 5.32 Å². The van der Waals surface area contributed by atoms with Gasteiger partial charge in [-0.15, -0.1) is 0 Å². The van der Waals surface area contributed by atoms with Crippen LogP contribution in [0.1, 0.15) is 5.56 Å². The molecular weight excluding hydrogens is 182 g/mol. The van der Waals surface area contributed by atoms with Gasteiger partial charge in [-0.2, -0.15) is 0 Å². The lowest BCUT2D eigenvalue weighted by molar-refractivity contribution is 0.105. The van der Waals surface area contributed by atoms with Crippen LogP contribution in [0.5, 0.6) is 5.75 Å². The quantitative estimate of drug-likeness (QED) is 0.529. The zero-order valence-electron chi connectivity index (χ0n) is 8.07. The molecule has 4 heteroatoms. The number of aliphatic hydroxyl groups excluding tert-OH is 2. The molecule has 1 aromatic rings. The van der Waals surface area contributed by atoms with E-state index in [1.54, 1.807) is 18.2 Å². The second-order valence-electron chi connectivity index (χ2n) is 3.22. The van der Waals surface area contributed by atoms with Crippen LogP contribution in [0.2, 0.25) is 0 Å². The summed E-state index contributed by atoms with van der Waals surface area (Å²) in [6.07, 6.45) is -0.761. The first kappa shape index (κ1) is 10.8. The van der Waals surface area contributed by atoms with Crippen LogP contribution in [-0.2, 0) is 0 Å². The lowest BCUT2D eigenvalue weighted by Crippen LogP contribution is -2.23. The molecule has 0 amide bonds. The van der Waals surface area contributed by atoms with Gasteiger partial charge in [-0.05, 0) is 30.7 Å². The van der Waals surface area contributed by atoms with Gasteiger partial charge in [-0.25, -0.2) is 0 Å². The lowest BCUT2D eigenvalue weighted by atomic mass is 10.2. The number of benzene rings is 1. The van der Waals surface area contributed by atoms with Crippen LogP contribution in [0.4, 0.5) is 5.69 Å². The number of phenolic OH excluding ortho intramolecular Hbond substituents is 1. The third kappa shape index (κ3) is 2.90. The fourth-order valence-corrected chi connectivity index (χ4v) is 1.14. The van der Waals surface area contributed by atoms with E-state index in [1.807, 2.05) is 6.92 Å². The molecule has 1 atom stereocenters. The van der Waals surface area contributed by atoms with E-state index in [4.69, 9.17) is 15.3 Å². The predicted molar refractivity (Wildman–Crippen MR) is 54.4 cm³/mol. The highest BCUT2D eigenvalue weighted by molar-refractivity contribution is 5.53. The van der Waals surface area contributed by atoms with Crippen LogP contribution in [0, 0.1) is 6.92 Å². The third-order valence-corrected chi connectivity index (χ3v) is 1.95. The van der Waals surface area contributed by atoms with Crippen molar-refractivity contribution in [2.24, 2.45) is 0 Å². The Labute approximate surface area is 82.8 Å². The number of aryl methyl sites for hydroxylation is 1. The number of aliphatic hydroxyl groups is 2. The van der Waals surface area contributed by atoms with E-state index in [1.165, 1.54) is 0 Å². The van der Waals surface area contributed by atoms with Crippen molar-refractivity contribution in [3.8, 4) is 5.75 Å². The topological polar surface area (TPSA) is 72.7 Å². The minimum absolute atomic E-state index is 0.218. The van der Waals surface area contributed by atoms with Crippen LogP contribution >= 0.6 is 0 Å². The molecule has 0 saturated carbocycles. The standard InChI is InChI=1S/C10H15NO3/c1-7-4-8(13)2-3-10(7)11-5-9(14)6-12/h2-4,9,11-14H,5-6H2,1H3. The molecule has 1 unspecified atom stereocenters. The van der Waals surface area contributed by atoms with E-state index in [0.29, 0.717) is 6.54 Å². The number of anilines is 1. The Bertz CT molecular complexity index is 301. The second kappa shape index (κ2) is 4.83. The van der Waals surface area contributed by atoms with Crippen molar-refractivity contribution in [1.82, 2.24) is 0 Å². The molecule has 0 aliphatic carbocycles. The molecule has 0 aromatic heterocycles. The molecular formula is C10H15NO3. The van der Waals surface area contributed by atoms with Crippen molar-refractivity contribution in [2.75, 3.05) is 18.5 Å². The number of hydrogen-bond acceptors (Lipinski definition) is 4. The Morgan fingerprint density at radius 2 is 2.14 bits per heavy atom. The van der Waals surface area contributed by atoms with Gasteiger partial charge in [0.1, 0.15) is 5.75 Å². The average Bonchev–Trinajstić information content (AvgIpc) is 2.16. The lowest BCUT2D eigenvalue weighted by Gasteiger charge is -2.12. The first-order chi connectivity index (χ1) is 6.63. The minimum atomic E-state index is -0.761. The number of nitrogens with one attached hydrogen (secondary N) is 1. The van der Waals surface area contributed by atoms with Gasteiger partial charge in [0, 0.05) is 12.2 Å². The molecule has 0 radical (unpaired) electrons. The second-order valence-corrected chi connectivity index (χ2v) is 3.22. The summed E-state index contributed by atoms with van der Waals surface area (Å²) in [5.74, 6) is 0.218. The third-order valence-electron chi connectivity index (χ3n) is 1.95. The van der Waals surface area contributed by atoms with Crippen LogP contribution in [0.25, 0.3) is 0 Å². The molecule has 0 spiro atoms. The summed E-state index contributed by atoms with van der Waals surface area (Å²) in [6.45, 7) is 1.89. The summed E-state index contributed by atoms with van der Waals surface area (Å²) >= 11 is 0. The Hall–Kier alpha value is -1.26. The van der Waals surface area contributed by atoms with Gasteiger partial charge in [-0.3, -0.25) is 0 Å². The van der Waals surface area contributed by atoms with Gasteiger partial charge in [0.25, 0.3) is 0 Å². The summed E-state index contributed by atoms with van der Waals surface area (Å²) in [5.41, 5.74) is 1.74. The van der Waals surface area contributed by atoms with Crippen LogP contribution in [0.15, 0.2) is 18.2 Å². The SMILES string of the molecule is Cc1cc(O)ccc1NCC(O)CO. The van der Waals surface area contributed by atoms with Crippen molar-refractivity contribution in [1.29, 1.82) is 0 Å². The Morgan fingerprint density at radius 1 is 1.43 bits per heavy atom. The summed E-state index contributed by atoms with van der Waals surface area (Å²) in [5, 5.41) is 29.8. The Kier molecular flexibility index (Phi) is 3.73. The highest BCUT2D eigenvalue weighted by Crippen LogP contribution is 2.19. The maximum atomic E-state index is 9.14. The van der Waals surface area contributed by atoms with Crippen LogP contribution in [-0.4, -0.2) is 34.6 Å². The zero-order chi connectivity index (χ0) is 10.6. The Balaban J connectivity index is 2.59. The first-order valence-electron chi connectivity index (χ1n) is 4.46. The zero-order valence-corrected chi connectivity index (χ0v) is 8.07. The van der Waals surface area contributed by atoms with Crippen molar-refractivity contribution in [3.63, 3.8) is 0 Å². The van der Waals surface area contributed by atoms with Crippen LogP contribution in [0.3, 0.4) is 0 Å². The molecule has 0 aliphatic rings. The van der Waals surface area contributed by atoms with E-state index >= 15 is 0 Å². The molecule has 4 N–H and O–H groups in total. The molecule has 1 rings (SSSR count). The predicted octanol–water partition coefficient (Wildman–Crippen LogP) is 0.466. The van der Waals surface area contributed by atoms with Gasteiger partial charge < -0.3 is 20.6 Å². The fourth-order valence-electron chi connectivity index (χ4n) is 1.14. The smallest absolute Gasteiger partial charge is 0.115 e. The number of aromatic hydroxyl groups is 1. The van der Waals surface area contributed by atoms with Crippen molar-refractivity contribution in [2.45, 2.75) is 13.0 Å². The molecule has 14 heavy (non-hydrogen) atoms. The van der Waals surface area contributed by atoms with Gasteiger partial charge in [0.05, 0.1) is 12.7 Å². The average molecular weight is 197 g/mol. The molecule has 4 nitrogen and oxygen atoms in total. The summed E-state index contributed by atoms with van der Waals surface area (Å²) in [7, 11) is 0. The minimum Gasteiger partial charge on any atom is -0.508 e.